The Morgan fingerprint density at radius 1 is 1.06 bits per heavy atom. The minimum atomic E-state index is -0.141. The fraction of sp³-hybridized carbons (Fsp3) is 0.143. The second-order valence-electron chi connectivity index (χ2n) is 8.42. The molecule has 1 aliphatic heterocycles. The molecule has 0 radical (unpaired) electrons. The Morgan fingerprint density at radius 2 is 1.81 bits per heavy atom. The molecule has 0 unspecified atom stereocenters. The van der Waals surface area contributed by atoms with Crippen molar-refractivity contribution in [3.8, 4) is 5.75 Å². The maximum Gasteiger partial charge on any atom is 0.281 e. The van der Waals surface area contributed by atoms with Crippen LogP contribution in [0.1, 0.15) is 12.0 Å². The van der Waals surface area contributed by atoms with E-state index in [-0.39, 0.29) is 5.91 Å². The average Bonchev–Trinajstić information content (AvgIpc) is 3.32. The van der Waals surface area contributed by atoms with Crippen LogP contribution >= 0.6 is 39.7 Å². The lowest BCUT2D eigenvalue weighted by atomic mass is 10.1. The highest BCUT2D eigenvalue weighted by Crippen LogP contribution is 2.32. The van der Waals surface area contributed by atoms with Crippen LogP contribution in [0.3, 0.4) is 0 Å². The number of rotatable bonds is 7. The van der Waals surface area contributed by atoms with E-state index < -0.39 is 0 Å². The molecule has 182 valence electrons. The van der Waals surface area contributed by atoms with Crippen molar-refractivity contribution >= 4 is 73.4 Å². The lowest BCUT2D eigenvalue weighted by Gasteiger charge is -2.16. The van der Waals surface area contributed by atoms with E-state index in [0.717, 1.165) is 39.6 Å². The number of aromatic nitrogens is 1. The van der Waals surface area contributed by atoms with E-state index in [1.165, 1.54) is 0 Å². The normalized spacial score (nSPS) is 14.9. The van der Waals surface area contributed by atoms with Gasteiger partial charge in [0.2, 0.25) is 0 Å². The summed E-state index contributed by atoms with van der Waals surface area (Å²) >= 11 is 15.4. The van der Waals surface area contributed by atoms with E-state index in [2.05, 4.69) is 38.8 Å². The van der Waals surface area contributed by atoms with Crippen LogP contribution in [0.15, 0.2) is 89.2 Å². The van der Waals surface area contributed by atoms with Gasteiger partial charge in [-0.25, -0.2) is 0 Å². The van der Waals surface area contributed by atoms with Crippen LogP contribution in [0, 0.1) is 0 Å². The molecular formula is C28H23BrClN3O2S. The van der Waals surface area contributed by atoms with Crippen LogP contribution in [0.5, 0.6) is 5.75 Å². The van der Waals surface area contributed by atoms with E-state index in [1.54, 1.807) is 9.80 Å². The number of hydrogen-bond acceptors (Lipinski definition) is 3. The van der Waals surface area contributed by atoms with Crippen molar-refractivity contribution in [3.63, 3.8) is 0 Å². The highest BCUT2D eigenvalue weighted by atomic mass is 79.9. The lowest BCUT2D eigenvalue weighted by molar-refractivity contribution is -0.114. The summed E-state index contributed by atoms with van der Waals surface area (Å²) in [6.07, 6.45) is 4.80. The number of thiocarbonyl (C=S) groups is 1. The summed E-state index contributed by atoms with van der Waals surface area (Å²) in [5, 5.41) is 2.11. The molecule has 0 bridgehead atoms. The number of benzene rings is 3. The maximum atomic E-state index is 13.4. The number of anilines is 1. The molecule has 1 saturated heterocycles. The fourth-order valence-corrected chi connectivity index (χ4v) is 5.12. The lowest BCUT2D eigenvalue weighted by Crippen LogP contribution is -2.30. The van der Waals surface area contributed by atoms with E-state index in [9.17, 15) is 4.79 Å². The number of nitrogens with zero attached hydrogens (tertiary/aromatic N) is 3. The van der Waals surface area contributed by atoms with Gasteiger partial charge in [-0.15, -0.1) is 0 Å². The smallest absolute Gasteiger partial charge is 0.281 e. The van der Waals surface area contributed by atoms with Crippen LogP contribution in [0.2, 0.25) is 5.02 Å². The van der Waals surface area contributed by atoms with Crippen molar-refractivity contribution in [2.24, 2.45) is 0 Å². The number of carbonyl (C=O) groups is 1. The Labute approximate surface area is 228 Å². The average molecular weight is 581 g/mol. The molecule has 4 aromatic rings. The standard InChI is InChI=1S/C28H23BrClN3O2S/c1-31-25(27(34)33(28(31)36)21-8-3-2-4-9-21)16-19-18-32(24-13-12-20(29)17-22(19)24)14-7-15-35-26-11-6-5-10-23(26)30/h2-6,8-13,16-18H,7,14-15H2,1H3/b25-16-. The van der Waals surface area contributed by atoms with Gasteiger partial charge in [-0.2, -0.15) is 0 Å². The van der Waals surface area contributed by atoms with Crippen LogP contribution < -0.4 is 9.64 Å². The van der Waals surface area contributed by atoms with Gasteiger partial charge in [-0.1, -0.05) is 57.9 Å². The first-order valence-corrected chi connectivity index (χ1v) is 13.1. The Morgan fingerprint density at radius 3 is 2.58 bits per heavy atom. The number of fused-ring (bicyclic) bond motifs is 1. The van der Waals surface area contributed by atoms with E-state index in [0.29, 0.717) is 28.2 Å². The topological polar surface area (TPSA) is 37.7 Å². The highest BCUT2D eigenvalue weighted by molar-refractivity contribution is 9.10. The van der Waals surface area contributed by atoms with E-state index in [4.69, 9.17) is 28.6 Å². The van der Waals surface area contributed by atoms with Gasteiger partial charge >= 0.3 is 0 Å². The number of aryl methyl sites for hydroxylation is 1. The summed E-state index contributed by atoms with van der Waals surface area (Å²) in [4.78, 5) is 16.7. The van der Waals surface area contributed by atoms with Gasteiger partial charge in [-0.3, -0.25) is 9.69 Å². The number of carbonyl (C=O) groups excluding carboxylic acids is 1. The molecule has 2 heterocycles. The van der Waals surface area contributed by atoms with E-state index in [1.807, 2.05) is 73.8 Å². The summed E-state index contributed by atoms with van der Waals surface area (Å²) in [5.74, 6) is 0.547. The van der Waals surface area contributed by atoms with Crippen molar-refractivity contribution in [1.82, 2.24) is 9.47 Å². The molecule has 1 amide bonds. The van der Waals surface area contributed by atoms with E-state index >= 15 is 0 Å². The second-order valence-corrected chi connectivity index (χ2v) is 10.1. The number of amides is 1. The van der Waals surface area contributed by atoms with Gasteiger partial charge in [0.1, 0.15) is 11.4 Å². The molecule has 0 atom stereocenters. The Bertz CT molecular complexity index is 1480. The van der Waals surface area contributed by atoms with Gasteiger partial charge in [0, 0.05) is 40.7 Å². The number of likely N-dealkylation sites (N-methyl/N-ethyl adjacent to an activating group) is 1. The van der Waals surface area contributed by atoms with Crippen LogP contribution in [0.4, 0.5) is 5.69 Å². The van der Waals surface area contributed by atoms with Crippen molar-refractivity contribution < 1.29 is 9.53 Å². The van der Waals surface area contributed by atoms with Gasteiger partial charge < -0.3 is 14.2 Å². The predicted molar refractivity (Wildman–Crippen MR) is 153 cm³/mol. The molecule has 5 nitrogen and oxygen atoms in total. The first kappa shape index (κ1) is 24.6. The molecule has 1 fully saturated rings. The van der Waals surface area contributed by atoms with Crippen molar-refractivity contribution in [2.75, 3.05) is 18.6 Å². The first-order valence-electron chi connectivity index (χ1n) is 11.5. The van der Waals surface area contributed by atoms with Gasteiger partial charge in [0.25, 0.3) is 5.91 Å². The quantitative estimate of drug-likeness (QED) is 0.132. The van der Waals surface area contributed by atoms with Gasteiger partial charge in [0.05, 0.1) is 17.3 Å². The molecule has 1 aliphatic rings. The van der Waals surface area contributed by atoms with Crippen LogP contribution in [0.25, 0.3) is 17.0 Å². The molecule has 1 aromatic heterocycles. The first-order chi connectivity index (χ1) is 17.4. The minimum absolute atomic E-state index is 0.141. The Hall–Kier alpha value is -3.13. The molecule has 36 heavy (non-hydrogen) atoms. The zero-order valence-electron chi connectivity index (χ0n) is 19.5. The van der Waals surface area contributed by atoms with Gasteiger partial charge in [-0.05, 0) is 67.2 Å². The highest BCUT2D eigenvalue weighted by Gasteiger charge is 2.36. The molecule has 5 rings (SSSR count). The summed E-state index contributed by atoms with van der Waals surface area (Å²) in [5.41, 5.74) is 3.32. The third kappa shape index (κ3) is 4.78. The summed E-state index contributed by atoms with van der Waals surface area (Å²) in [6.45, 7) is 1.29. The molecule has 3 aromatic carbocycles. The number of ether oxygens (including phenoxy) is 1. The minimum Gasteiger partial charge on any atom is -0.492 e. The summed E-state index contributed by atoms with van der Waals surface area (Å²) in [6, 6.07) is 23.1. The molecule has 0 aliphatic carbocycles. The largest absolute Gasteiger partial charge is 0.492 e. The third-order valence-electron chi connectivity index (χ3n) is 6.08. The van der Waals surface area contributed by atoms with Crippen molar-refractivity contribution in [2.45, 2.75) is 13.0 Å². The predicted octanol–water partition coefficient (Wildman–Crippen LogP) is 7.13. The zero-order valence-corrected chi connectivity index (χ0v) is 22.7. The molecule has 8 heteroatoms. The Balaban J connectivity index is 1.41. The SMILES string of the molecule is CN1C(=S)N(c2ccccc2)C(=O)/C1=C/c1cn(CCCOc2ccccc2Cl)c2ccc(Br)cc12. The number of halogens is 2. The van der Waals surface area contributed by atoms with Crippen molar-refractivity contribution in [1.29, 1.82) is 0 Å². The zero-order chi connectivity index (χ0) is 25.2. The monoisotopic (exact) mass is 579 g/mol. The molecule has 0 saturated carbocycles. The fourth-order valence-electron chi connectivity index (χ4n) is 4.28. The number of hydrogen-bond donors (Lipinski definition) is 0. The summed E-state index contributed by atoms with van der Waals surface area (Å²) < 4.78 is 9.03. The van der Waals surface area contributed by atoms with Gasteiger partial charge in [0.15, 0.2) is 5.11 Å². The van der Waals surface area contributed by atoms with Crippen LogP contribution in [-0.4, -0.2) is 34.1 Å². The molecule has 0 N–H and O–H groups in total. The molecular weight excluding hydrogens is 558 g/mol. The second kappa shape index (κ2) is 10.5. The third-order valence-corrected chi connectivity index (χ3v) is 7.34. The number of para-hydroxylation sites is 2. The Kier molecular flexibility index (Phi) is 7.14. The van der Waals surface area contributed by atoms with Crippen LogP contribution in [-0.2, 0) is 11.3 Å². The molecule has 0 spiro atoms. The van der Waals surface area contributed by atoms with Crippen molar-refractivity contribution in [3.05, 3.63) is 99.7 Å². The maximum absolute atomic E-state index is 13.4. The summed E-state index contributed by atoms with van der Waals surface area (Å²) in [7, 11) is 1.83.